The number of rotatable bonds is 3. The monoisotopic (exact) mass is 239 g/mol. The van der Waals surface area contributed by atoms with Crippen molar-refractivity contribution in [2.45, 2.75) is 58.3 Å². The molecule has 2 rings (SSSR count). The van der Waals surface area contributed by atoms with Crippen molar-refractivity contribution in [1.82, 2.24) is 25.5 Å². The summed E-state index contributed by atoms with van der Waals surface area (Å²) in [4.78, 5) is 0. The van der Waals surface area contributed by atoms with E-state index in [-0.39, 0.29) is 17.7 Å². The topological polar surface area (TPSA) is 64.9 Å². The largest absolute Gasteiger partial charge is 0.376 e. The minimum atomic E-state index is 0.0641. The number of nitrogens with one attached hydrogen (secondary N) is 1. The lowest BCUT2D eigenvalue weighted by atomic mass is 10.1. The molecule has 0 radical (unpaired) electrons. The SMILES string of the molecule is CC1OCCC1n1nnnc1CNC(C)(C)C. The Morgan fingerprint density at radius 1 is 1.47 bits per heavy atom. The molecule has 1 aromatic heterocycles. The maximum Gasteiger partial charge on any atom is 0.165 e. The van der Waals surface area contributed by atoms with Gasteiger partial charge in [0.15, 0.2) is 5.82 Å². The first-order valence-electron chi connectivity index (χ1n) is 6.11. The first kappa shape index (κ1) is 12.4. The number of nitrogens with zero attached hydrogens (tertiary/aromatic N) is 4. The highest BCUT2D eigenvalue weighted by atomic mass is 16.5. The van der Waals surface area contributed by atoms with Gasteiger partial charge in [0.05, 0.1) is 18.7 Å². The molecule has 0 aliphatic carbocycles. The van der Waals surface area contributed by atoms with Crippen molar-refractivity contribution in [3.63, 3.8) is 0 Å². The Morgan fingerprint density at radius 3 is 2.82 bits per heavy atom. The van der Waals surface area contributed by atoms with E-state index in [0.29, 0.717) is 6.54 Å². The highest BCUT2D eigenvalue weighted by Crippen LogP contribution is 2.25. The number of ether oxygens (including phenoxy) is 1. The maximum absolute atomic E-state index is 5.55. The minimum absolute atomic E-state index is 0.0641. The Kier molecular flexibility index (Phi) is 3.44. The molecule has 1 aliphatic heterocycles. The van der Waals surface area contributed by atoms with Gasteiger partial charge >= 0.3 is 0 Å². The van der Waals surface area contributed by atoms with Gasteiger partial charge in [-0.25, -0.2) is 4.68 Å². The lowest BCUT2D eigenvalue weighted by Crippen LogP contribution is -2.36. The van der Waals surface area contributed by atoms with Crippen molar-refractivity contribution in [1.29, 1.82) is 0 Å². The molecule has 0 bridgehead atoms. The minimum Gasteiger partial charge on any atom is -0.376 e. The summed E-state index contributed by atoms with van der Waals surface area (Å²) in [6.45, 7) is 9.92. The molecule has 96 valence electrons. The van der Waals surface area contributed by atoms with Gasteiger partial charge in [0, 0.05) is 12.1 Å². The predicted molar refractivity (Wildman–Crippen MR) is 63.5 cm³/mol. The van der Waals surface area contributed by atoms with E-state index in [4.69, 9.17) is 4.74 Å². The van der Waals surface area contributed by atoms with Crippen LogP contribution in [0.1, 0.15) is 46.0 Å². The molecule has 2 unspecified atom stereocenters. The Labute approximate surface area is 102 Å². The normalized spacial score (nSPS) is 25.4. The second kappa shape index (κ2) is 4.70. The molecule has 2 heterocycles. The van der Waals surface area contributed by atoms with E-state index in [1.54, 1.807) is 0 Å². The van der Waals surface area contributed by atoms with Gasteiger partial charge in [0.25, 0.3) is 0 Å². The van der Waals surface area contributed by atoms with Gasteiger partial charge in [-0.3, -0.25) is 0 Å². The van der Waals surface area contributed by atoms with Crippen LogP contribution in [0.5, 0.6) is 0 Å². The van der Waals surface area contributed by atoms with Crippen molar-refractivity contribution in [2.75, 3.05) is 6.61 Å². The second-order valence-electron chi connectivity index (χ2n) is 5.58. The van der Waals surface area contributed by atoms with Crippen LogP contribution < -0.4 is 5.32 Å². The Balaban J connectivity index is 2.06. The first-order chi connectivity index (χ1) is 7.97. The second-order valence-corrected chi connectivity index (χ2v) is 5.58. The van der Waals surface area contributed by atoms with E-state index in [2.05, 4.69) is 48.5 Å². The third kappa shape index (κ3) is 3.01. The van der Waals surface area contributed by atoms with Gasteiger partial charge in [0.1, 0.15) is 0 Å². The smallest absolute Gasteiger partial charge is 0.165 e. The quantitative estimate of drug-likeness (QED) is 0.849. The molecular weight excluding hydrogens is 218 g/mol. The van der Waals surface area contributed by atoms with Crippen LogP contribution in [0, 0.1) is 0 Å². The van der Waals surface area contributed by atoms with Crippen molar-refractivity contribution >= 4 is 0 Å². The fourth-order valence-corrected chi connectivity index (χ4v) is 1.97. The molecule has 1 saturated heterocycles. The predicted octanol–water partition coefficient (Wildman–Crippen LogP) is 0.911. The third-order valence-corrected chi connectivity index (χ3v) is 2.99. The molecule has 0 spiro atoms. The molecule has 0 aromatic carbocycles. The van der Waals surface area contributed by atoms with E-state index in [1.165, 1.54) is 0 Å². The standard InChI is InChI=1S/C11H21N5O/c1-8-9(5-6-17-8)16-10(13-14-15-16)7-12-11(2,3)4/h8-9,12H,5-7H2,1-4H3. The van der Waals surface area contributed by atoms with E-state index < -0.39 is 0 Å². The van der Waals surface area contributed by atoms with Gasteiger partial charge < -0.3 is 10.1 Å². The van der Waals surface area contributed by atoms with Crippen LogP contribution >= 0.6 is 0 Å². The number of tetrazole rings is 1. The van der Waals surface area contributed by atoms with Crippen LogP contribution in [0.2, 0.25) is 0 Å². The summed E-state index contributed by atoms with van der Waals surface area (Å²) >= 11 is 0. The molecule has 1 fully saturated rings. The lowest BCUT2D eigenvalue weighted by Gasteiger charge is -2.21. The molecule has 2 atom stereocenters. The Morgan fingerprint density at radius 2 is 2.24 bits per heavy atom. The zero-order valence-electron chi connectivity index (χ0n) is 11.0. The molecule has 1 aromatic rings. The Hall–Kier alpha value is -1.01. The van der Waals surface area contributed by atoms with Crippen molar-refractivity contribution < 1.29 is 4.74 Å². The van der Waals surface area contributed by atoms with E-state index in [0.717, 1.165) is 18.9 Å². The van der Waals surface area contributed by atoms with Crippen LogP contribution in [-0.4, -0.2) is 38.5 Å². The van der Waals surface area contributed by atoms with Crippen molar-refractivity contribution in [3.8, 4) is 0 Å². The Bertz CT molecular complexity index is 370. The molecule has 0 amide bonds. The zero-order valence-corrected chi connectivity index (χ0v) is 11.0. The van der Waals surface area contributed by atoms with Crippen molar-refractivity contribution in [3.05, 3.63) is 5.82 Å². The molecule has 1 N–H and O–H groups in total. The van der Waals surface area contributed by atoms with Gasteiger partial charge in [-0.15, -0.1) is 5.10 Å². The fourth-order valence-electron chi connectivity index (χ4n) is 1.97. The number of hydrogen-bond donors (Lipinski definition) is 1. The highest BCUT2D eigenvalue weighted by Gasteiger charge is 2.29. The molecule has 17 heavy (non-hydrogen) atoms. The zero-order chi connectivity index (χ0) is 12.5. The van der Waals surface area contributed by atoms with E-state index in [9.17, 15) is 0 Å². The summed E-state index contributed by atoms with van der Waals surface area (Å²) in [5.41, 5.74) is 0.0641. The summed E-state index contributed by atoms with van der Waals surface area (Å²) in [7, 11) is 0. The molecule has 1 aliphatic rings. The summed E-state index contributed by atoms with van der Waals surface area (Å²) < 4.78 is 7.45. The van der Waals surface area contributed by atoms with Crippen molar-refractivity contribution in [2.24, 2.45) is 0 Å². The molecule has 6 heteroatoms. The van der Waals surface area contributed by atoms with E-state index >= 15 is 0 Å². The number of aromatic nitrogens is 4. The van der Waals surface area contributed by atoms with Gasteiger partial charge in [0.2, 0.25) is 0 Å². The molecule has 6 nitrogen and oxygen atoms in total. The van der Waals surface area contributed by atoms with Crippen LogP contribution in [0.4, 0.5) is 0 Å². The van der Waals surface area contributed by atoms with Crippen LogP contribution in [-0.2, 0) is 11.3 Å². The van der Waals surface area contributed by atoms with Gasteiger partial charge in [-0.05, 0) is 44.5 Å². The summed E-state index contributed by atoms with van der Waals surface area (Å²) in [6, 6.07) is 0.266. The lowest BCUT2D eigenvalue weighted by molar-refractivity contribution is 0.104. The first-order valence-corrected chi connectivity index (χ1v) is 6.11. The number of hydrogen-bond acceptors (Lipinski definition) is 5. The summed E-state index contributed by atoms with van der Waals surface area (Å²) in [6.07, 6.45) is 1.17. The van der Waals surface area contributed by atoms with Crippen LogP contribution in [0.3, 0.4) is 0 Å². The average molecular weight is 239 g/mol. The van der Waals surface area contributed by atoms with Crippen LogP contribution in [0.15, 0.2) is 0 Å². The molecular formula is C11H21N5O. The summed E-state index contributed by atoms with van der Waals surface area (Å²) in [5.74, 6) is 0.877. The maximum atomic E-state index is 5.55. The van der Waals surface area contributed by atoms with Gasteiger partial charge in [-0.1, -0.05) is 0 Å². The van der Waals surface area contributed by atoms with Gasteiger partial charge in [-0.2, -0.15) is 0 Å². The average Bonchev–Trinajstić information content (AvgIpc) is 2.81. The highest BCUT2D eigenvalue weighted by molar-refractivity contribution is 4.89. The third-order valence-electron chi connectivity index (χ3n) is 2.99. The summed E-state index contributed by atoms with van der Waals surface area (Å²) in [5, 5.41) is 15.3. The molecule has 0 saturated carbocycles. The fraction of sp³-hybridized carbons (Fsp3) is 0.909. The van der Waals surface area contributed by atoms with Crippen LogP contribution in [0.25, 0.3) is 0 Å². The van der Waals surface area contributed by atoms with E-state index in [1.807, 2.05) is 4.68 Å².